The SMILES string of the molecule is Cc1cc(-c2cc(Cn3ccnc3)cc(C(=O)NCc3ccc(Cl)c(Cl)c3)c2)ccn1. The van der Waals surface area contributed by atoms with Gasteiger partial charge in [0.25, 0.3) is 5.91 Å². The molecule has 1 N–H and O–H groups in total. The van der Waals surface area contributed by atoms with Crippen LogP contribution < -0.4 is 5.32 Å². The van der Waals surface area contributed by atoms with Gasteiger partial charge in [-0.25, -0.2) is 4.98 Å². The number of carbonyl (C=O) groups excluding carboxylic acids is 1. The minimum atomic E-state index is -0.161. The molecule has 2 aromatic heterocycles. The van der Waals surface area contributed by atoms with Crippen molar-refractivity contribution < 1.29 is 4.79 Å². The Hall–Kier alpha value is -3.15. The van der Waals surface area contributed by atoms with Crippen molar-refractivity contribution in [2.24, 2.45) is 0 Å². The highest BCUT2D eigenvalue weighted by atomic mass is 35.5. The van der Waals surface area contributed by atoms with Crippen LogP contribution >= 0.6 is 23.2 Å². The summed E-state index contributed by atoms with van der Waals surface area (Å²) in [4.78, 5) is 21.3. The van der Waals surface area contributed by atoms with Crippen molar-refractivity contribution in [3.05, 3.63) is 106 Å². The molecule has 7 heteroatoms. The summed E-state index contributed by atoms with van der Waals surface area (Å²) in [5.74, 6) is -0.161. The molecule has 4 aromatic rings. The van der Waals surface area contributed by atoms with Gasteiger partial charge in [0.15, 0.2) is 0 Å². The average molecular weight is 451 g/mol. The number of carbonyl (C=O) groups is 1. The second-order valence-corrected chi connectivity index (χ2v) is 8.09. The molecule has 0 bridgehead atoms. The number of imidazole rings is 1. The molecule has 0 fully saturated rings. The van der Waals surface area contributed by atoms with Crippen molar-refractivity contribution in [2.45, 2.75) is 20.0 Å². The van der Waals surface area contributed by atoms with E-state index >= 15 is 0 Å². The summed E-state index contributed by atoms with van der Waals surface area (Å²) in [6.45, 7) is 2.92. The Bertz CT molecular complexity index is 1220. The number of aromatic nitrogens is 3. The number of aryl methyl sites for hydroxylation is 1. The van der Waals surface area contributed by atoms with E-state index in [1.54, 1.807) is 30.9 Å². The third-order valence-corrected chi connectivity index (χ3v) is 5.59. The number of nitrogens with one attached hydrogen (secondary N) is 1. The number of benzene rings is 2. The van der Waals surface area contributed by atoms with Crippen LogP contribution in [0.1, 0.15) is 27.2 Å². The van der Waals surface area contributed by atoms with Crippen LogP contribution in [-0.4, -0.2) is 20.4 Å². The molecule has 0 saturated carbocycles. The standard InChI is InChI=1S/C24H20Cl2N4O/c1-16-8-19(4-5-28-16)20-9-18(14-30-7-6-27-15-30)10-21(12-20)24(31)29-13-17-2-3-22(25)23(26)11-17/h2-12,15H,13-14H2,1H3,(H,29,31). The average Bonchev–Trinajstić information content (AvgIpc) is 3.27. The molecule has 0 aliphatic carbocycles. The largest absolute Gasteiger partial charge is 0.348 e. The molecule has 31 heavy (non-hydrogen) atoms. The van der Waals surface area contributed by atoms with Crippen molar-refractivity contribution >= 4 is 29.1 Å². The number of rotatable bonds is 6. The predicted molar refractivity (Wildman–Crippen MR) is 123 cm³/mol. The normalized spacial score (nSPS) is 10.8. The molecule has 156 valence electrons. The maximum atomic E-state index is 13.0. The molecule has 2 heterocycles. The lowest BCUT2D eigenvalue weighted by Gasteiger charge is -2.12. The van der Waals surface area contributed by atoms with Gasteiger partial charge in [-0.15, -0.1) is 0 Å². The number of amides is 1. The van der Waals surface area contributed by atoms with E-state index in [9.17, 15) is 4.79 Å². The fourth-order valence-corrected chi connectivity index (χ4v) is 3.65. The number of pyridine rings is 1. The van der Waals surface area contributed by atoms with E-state index < -0.39 is 0 Å². The van der Waals surface area contributed by atoms with Crippen molar-refractivity contribution in [1.82, 2.24) is 19.9 Å². The molecule has 0 atom stereocenters. The third-order valence-electron chi connectivity index (χ3n) is 4.85. The minimum absolute atomic E-state index is 0.161. The van der Waals surface area contributed by atoms with Gasteiger partial charge >= 0.3 is 0 Å². The van der Waals surface area contributed by atoms with Crippen LogP contribution in [-0.2, 0) is 13.1 Å². The molecule has 0 unspecified atom stereocenters. The van der Waals surface area contributed by atoms with Gasteiger partial charge in [0, 0.05) is 42.9 Å². The summed E-state index contributed by atoms with van der Waals surface area (Å²) in [6.07, 6.45) is 7.17. The third kappa shape index (κ3) is 5.32. The van der Waals surface area contributed by atoms with Crippen LogP contribution in [0, 0.1) is 6.92 Å². The van der Waals surface area contributed by atoms with Gasteiger partial charge in [-0.2, -0.15) is 0 Å². The Morgan fingerprint density at radius 3 is 2.58 bits per heavy atom. The molecule has 2 aromatic carbocycles. The number of nitrogens with zero attached hydrogens (tertiary/aromatic N) is 3. The summed E-state index contributed by atoms with van der Waals surface area (Å²) < 4.78 is 1.97. The molecular weight excluding hydrogens is 431 g/mol. The van der Waals surface area contributed by atoms with Gasteiger partial charge in [-0.05, 0) is 71.6 Å². The zero-order valence-corrected chi connectivity index (χ0v) is 18.4. The topological polar surface area (TPSA) is 59.8 Å². The minimum Gasteiger partial charge on any atom is -0.348 e. The summed E-state index contributed by atoms with van der Waals surface area (Å²) in [6, 6.07) is 15.2. The number of hydrogen-bond acceptors (Lipinski definition) is 3. The summed E-state index contributed by atoms with van der Waals surface area (Å²) >= 11 is 12.1. The molecule has 0 spiro atoms. The van der Waals surface area contributed by atoms with Crippen molar-refractivity contribution in [1.29, 1.82) is 0 Å². The number of hydrogen-bond donors (Lipinski definition) is 1. The smallest absolute Gasteiger partial charge is 0.251 e. The van der Waals surface area contributed by atoms with Gasteiger partial charge in [0.2, 0.25) is 0 Å². The molecular formula is C24H20Cl2N4O. The predicted octanol–water partition coefficient (Wildman–Crippen LogP) is 5.54. The monoisotopic (exact) mass is 450 g/mol. The van der Waals surface area contributed by atoms with Gasteiger partial charge < -0.3 is 9.88 Å². The Morgan fingerprint density at radius 2 is 1.84 bits per heavy atom. The van der Waals surface area contributed by atoms with E-state index in [1.807, 2.05) is 48.0 Å². The van der Waals surface area contributed by atoms with Gasteiger partial charge in [0.1, 0.15) is 0 Å². The molecule has 4 rings (SSSR count). The molecule has 0 aliphatic heterocycles. The highest BCUT2D eigenvalue weighted by molar-refractivity contribution is 6.42. The fourth-order valence-electron chi connectivity index (χ4n) is 3.33. The second-order valence-electron chi connectivity index (χ2n) is 7.27. The first-order valence-corrected chi connectivity index (χ1v) is 10.5. The Morgan fingerprint density at radius 1 is 0.968 bits per heavy atom. The van der Waals surface area contributed by atoms with Gasteiger partial charge in [-0.3, -0.25) is 9.78 Å². The maximum Gasteiger partial charge on any atom is 0.251 e. The van der Waals surface area contributed by atoms with E-state index in [0.29, 0.717) is 28.7 Å². The summed E-state index contributed by atoms with van der Waals surface area (Å²) in [5.41, 5.74) is 5.36. The first kappa shape index (κ1) is 21.1. The first-order chi connectivity index (χ1) is 15.0. The van der Waals surface area contributed by atoms with Crippen molar-refractivity contribution in [2.75, 3.05) is 0 Å². The highest BCUT2D eigenvalue weighted by Crippen LogP contribution is 2.25. The Balaban J connectivity index is 1.62. The van der Waals surface area contributed by atoms with E-state index in [1.165, 1.54) is 0 Å². The Labute approximate surface area is 190 Å². The van der Waals surface area contributed by atoms with Crippen molar-refractivity contribution in [3.63, 3.8) is 0 Å². The van der Waals surface area contributed by atoms with Gasteiger partial charge in [0.05, 0.1) is 16.4 Å². The van der Waals surface area contributed by atoms with E-state index in [4.69, 9.17) is 23.2 Å². The molecule has 5 nitrogen and oxygen atoms in total. The first-order valence-electron chi connectivity index (χ1n) is 9.73. The van der Waals surface area contributed by atoms with Crippen molar-refractivity contribution in [3.8, 4) is 11.1 Å². The van der Waals surface area contributed by atoms with E-state index in [0.717, 1.165) is 27.9 Å². The quantitative estimate of drug-likeness (QED) is 0.419. The number of halogens is 2. The van der Waals surface area contributed by atoms with Crippen LogP contribution in [0.5, 0.6) is 0 Å². The van der Waals surface area contributed by atoms with Crippen LogP contribution in [0.15, 0.2) is 73.4 Å². The molecule has 0 saturated heterocycles. The summed E-state index contributed by atoms with van der Waals surface area (Å²) in [7, 11) is 0. The molecule has 0 aliphatic rings. The fraction of sp³-hybridized carbons (Fsp3) is 0.125. The lowest BCUT2D eigenvalue weighted by atomic mass is 9.99. The molecule has 0 radical (unpaired) electrons. The van der Waals surface area contributed by atoms with E-state index in [2.05, 4.69) is 21.4 Å². The molecule has 1 amide bonds. The van der Waals surface area contributed by atoms with Crippen LogP contribution in [0.3, 0.4) is 0 Å². The van der Waals surface area contributed by atoms with Crippen LogP contribution in [0.4, 0.5) is 0 Å². The second kappa shape index (κ2) is 9.33. The van der Waals surface area contributed by atoms with Crippen LogP contribution in [0.2, 0.25) is 10.0 Å². The zero-order valence-electron chi connectivity index (χ0n) is 16.8. The Kier molecular flexibility index (Phi) is 6.35. The van der Waals surface area contributed by atoms with E-state index in [-0.39, 0.29) is 5.91 Å². The van der Waals surface area contributed by atoms with Gasteiger partial charge in [-0.1, -0.05) is 29.3 Å². The lowest BCUT2D eigenvalue weighted by molar-refractivity contribution is 0.0951. The maximum absolute atomic E-state index is 13.0. The zero-order chi connectivity index (χ0) is 21.8. The highest BCUT2D eigenvalue weighted by Gasteiger charge is 2.11. The lowest BCUT2D eigenvalue weighted by Crippen LogP contribution is -2.23. The summed E-state index contributed by atoms with van der Waals surface area (Å²) in [5, 5.41) is 3.92. The van der Waals surface area contributed by atoms with Crippen LogP contribution in [0.25, 0.3) is 11.1 Å².